The summed E-state index contributed by atoms with van der Waals surface area (Å²) in [4.78, 5) is 0. The lowest BCUT2D eigenvalue weighted by atomic mass is 9.85. The van der Waals surface area contributed by atoms with Crippen molar-refractivity contribution in [3.8, 4) is 0 Å². The first-order chi connectivity index (χ1) is 8.12. The van der Waals surface area contributed by atoms with E-state index in [4.69, 9.17) is 10.5 Å². The SMILES string of the molecule is CC1(C(N)Cc2ccccc2F)CCCCO1. The van der Waals surface area contributed by atoms with E-state index < -0.39 is 0 Å². The first-order valence-corrected chi connectivity index (χ1v) is 6.25. The van der Waals surface area contributed by atoms with Crippen LogP contribution in [0.1, 0.15) is 31.7 Å². The molecule has 94 valence electrons. The van der Waals surface area contributed by atoms with Gasteiger partial charge in [-0.1, -0.05) is 18.2 Å². The molecule has 0 saturated carbocycles. The van der Waals surface area contributed by atoms with Crippen LogP contribution < -0.4 is 5.73 Å². The van der Waals surface area contributed by atoms with Gasteiger partial charge in [0.15, 0.2) is 0 Å². The van der Waals surface area contributed by atoms with E-state index in [2.05, 4.69) is 0 Å². The number of ether oxygens (including phenoxy) is 1. The molecule has 2 unspecified atom stereocenters. The van der Waals surface area contributed by atoms with Crippen LogP contribution in [0.15, 0.2) is 24.3 Å². The van der Waals surface area contributed by atoms with Crippen molar-refractivity contribution in [1.29, 1.82) is 0 Å². The third-order valence-electron chi connectivity index (χ3n) is 3.68. The van der Waals surface area contributed by atoms with Gasteiger partial charge in [0.05, 0.1) is 5.60 Å². The maximum Gasteiger partial charge on any atom is 0.126 e. The van der Waals surface area contributed by atoms with Gasteiger partial charge in [-0.25, -0.2) is 4.39 Å². The molecule has 1 aromatic rings. The lowest BCUT2D eigenvalue weighted by Gasteiger charge is -2.38. The largest absolute Gasteiger partial charge is 0.374 e. The van der Waals surface area contributed by atoms with E-state index in [0.29, 0.717) is 12.0 Å². The van der Waals surface area contributed by atoms with Crippen molar-refractivity contribution in [2.75, 3.05) is 6.61 Å². The number of rotatable bonds is 3. The Kier molecular flexibility index (Phi) is 3.79. The van der Waals surface area contributed by atoms with Gasteiger partial charge in [-0.2, -0.15) is 0 Å². The van der Waals surface area contributed by atoms with E-state index in [-0.39, 0.29) is 17.5 Å². The summed E-state index contributed by atoms with van der Waals surface area (Å²) in [5.74, 6) is -0.178. The molecule has 2 atom stereocenters. The second-order valence-corrected chi connectivity index (χ2v) is 5.02. The zero-order valence-corrected chi connectivity index (χ0v) is 10.3. The predicted octanol–water partition coefficient (Wildman–Crippen LogP) is 2.65. The van der Waals surface area contributed by atoms with Crippen molar-refractivity contribution < 1.29 is 9.13 Å². The number of hydrogen-bond acceptors (Lipinski definition) is 2. The Bertz CT molecular complexity index is 374. The van der Waals surface area contributed by atoms with Gasteiger partial charge in [0.25, 0.3) is 0 Å². The summed E-state index contributed by atoms with van der Waals surface area (Å²) in [5, 5.41) is 0. The molecule has 2 N–H and O–H groups in total. The fraction of sp³-hybridized carbons (Fsp3) is 0.571. The van der Waals surface area contributed by atoms with E-state index in [1.54, 1.807) is 12.1 Å². The van der Waals surface area contributed by atoms with Crippen molar-refractivity contribution >= 4 is 0 Å². The molecular formula is C14H20FNO. The molecule has 3 heteroatoms. The zero-order chi connectivity index (χ0) is 12.3. The lowest BCUT2D eigenvalue weighted by molar-refractivity contribution is -0.0809. The summed E-state index contributed by atoms with van der Waals surface area (Å²) in [5.41, 5.74) is 6.56. The zero-order valence-electron chi connectivity index (χ0n) is 10.3. The second kappa shape index (κ2) is 5.15. The molecule has 0 amide bonds. The van der Waals surface area contributed by atoms with Gasteiger partial charge in [0.1, 0.15) is 5.82 Å². The molecule has 1 aliphatic heterocycles. The summed E-state index contributed by atoms with van der Waals surface area (Å²) >= 11 is 0. The summed E-state index contributed by atoms with van der Waals surface area (Å²) in [6, 6.07) is 6.66. The minimum Gasteiger partial charge on any atom is -0.374 e. The molecular weight excluding hydrogens is 217 g/mol. The summed E-state index contributed by atoms with van der Waals surface area (Å²) in [6.07, 6.45) is 3.73. The molecule has 2 nitrogen and oxygen atoms in total. The number of halogens is 1. The molecule has 17 heavy (non-hydrogen) atoms. The lowest BCUT2D eigenvalue weighted by Crippen LogP contribution is -2.50. The molecule has 1 aromatic carbocycles. The topological polar surface area (TPSA) is 35.2 Å². The normalized spacial score (nSPS) is 26.8. The highest BCUT2D eigenvalue weighted by Crippen LogP contribution is 2.28. The summed E-state index contributed by atoms with van der Waals surface area (Å²) < 4.78 is 19.3. The van der Waals surface area contributed by atoms with Gasteiger partial charge >= 0.3 is 0 Å². The van der Waals surface area contributed by atoms with Crippen molar-refractivity contribution in [3.05, 3.63) is 35.6 Å². The third-order valence-corrected chi connectivity index (χ3v) is 3.68. The number of hydrogen-bond donors (Lipinski definition) is 1. The Morgan fingerprint density at radius 3 is 2.82 bits per heavy atom. The Labute approximate surface area is 102 Å². The molecule has 0 aromatic heterocycles. The highest BCUT2D eigenvalue weighted by atomic mass is 19.1. The Morgan fingerprint density at radius 2 is 2.18 bits per heavy atom. The molecule has 0 radical (unpaired) electrons. The van der Waals surface area contributed by atoms with Gasteiger partial charge < -0.3 is 10.5 Å². The molecule has 0 aliphatic carbocycles. The molecule has 2 rings (SSSR count). The van der Waals surface area contributed by atoms with Gasteiger partial charge in [-0.05, 0) is 44.2 Å². The van der Waals surface area contributed by atoms with Crippen LogP contribution in [0, 0.1) is 5.82 Å². The highest BCUT2D eigenvalue weighted by molar-refractivity contribution is 5.19. The molecule has 1 heterocycles. The maximum atomic E-state index is 13.5. The van der Waals surface area contributed by atoms with Crippen LogP contribution >= 0.6 is 0 Å². The van der Waals surface area contributed by atoms with Crippen LogP contribution in [0.5, 0.6) is 0 Å². The first kappa shape index (κ1) is 12.5. The van der Waals surface area contributed by atoms with Gasteiger partial charge in [-0.15, -0.1) is 0 Å². The quantitative estimate of drug-likeness (QED) is 0.877. The average molecular weight is 237 g/mol. The minimum absolute atomic E-state index is 0.153. The fourth-order valence-corrected chi connectivity index (χ4v) is 2.36. The molecule has 1 saturated heterocycles. The van der Waals surface area contributed by atoms with Crippen LogP contribution in [-0.4, -0.2) is 18.2 Å². The number of benzene rings is 1. The van der Waals surface area contributed by atoms with Crippen LogP contribution in [0.25, 0.3) is 0 Å². The van der Waals surface area contributed by atoms with Crippen LogP contribution in [0.2, 0.25) is 0 Å². The molecule has 1 fully saturated rings. The molecule has 1 aliphatic rings. The van der Waals surface area contributed by atoms with Crippen molar-refractivity contribution in [3.63, 3.8) is 0 Å². The maximum absolute atomic E-state index is 13.5. The van der Waals surface area contributed by atoms with Gasteiger partial charge in [0, 0.05) is 12.6 Å². The van der Waals surface area contributed by atoms with E-state index in [1.807, 2.05) is 13.0 Å². The summed E-state index contributed by atoms with van der Waals surface area (Å²) in [7, 11) is 0. The van der Waals surface area contributed by atoms with Crippen molar-refractivity contribution in [2.24, 2.45) is 5.73 Å². The summed E-state index contributed by atoms with van der Waals surface area (Å²) in [6.45, 7) is 2.80. The first-order valence-electron chi connectivity index (χ1n) is 6.25. The van der Waals surface area contributed by atoms with Crippen LogP contribution in [0.3, 0.4) is 0 Å². The predicted molar refractivity (Wildman–Crippen MR) is 66.3 cm³/mol. The fourth-order valence-electron chi connectivity index (χ4n) is 2.36. The van der Waals surface area contributed by atoms with Crippen molar-refractivity contribution in [1.82, 2.24) is 0 Å². The van der Waals surface area contributed by atoms with E-state index in [9.17, 15) is 4.39 Å². The van der Waals surface area contributed by atoms with Gasteiger partial charge in [-0.3, -0.25) is 0 Å². The Hall–Kier alpha value is -0.930. The van der Waals surface area contributed by atoms with Gasteiger partial charge in [0.2, 0.25) is 0 Å². The second-order valence-electron chi connectivity index (χ2n) is 5.02. The Balaban J connectivity index is 2.05. The monoisotopic (exact) mass is 237 g/mol. The van der Waals surface area contributed by atoms with Crippen LogP contribution in [-0.2, 0) is 11.2 Å². The minimum atomic E-state index is -0.305. The number of nitrogens with two attached hydrogens (primary N) is 1. The Morgan fingerprint density at radius 1 is 1.41 bits per heavy atom. The van der Waals surface area contributed by atoms with Crippen LogP contribution in [0.4, 0.5) is 4.39 Å². The standard InChI is InChI=1S/C14H20FNO/c1-14(8-4-5-9-17-14)13(16)10-11-6-2-3-7-12(11)15/h2-3,6-7,13H,4-5,8-10,16H2,1H3. The van der Waals surface area contributed by atoms with Crippen molar-refractivity contribution in [2.45, 2.75) is 44.2 Å². The highest BCUT2D eigenvalue weighted by Gasteiger charge is 2.34. The van der Waals surface area contributed by atoms with E-state index >= 15 is 0 Å². The smallest absolute Gasteiger partial charge is 0.126 e. The van der Waals surface area contributed by atoms with E-state index in [1.165, 1.54) is 6.07 Å². The molecule has 0 bridgehead atoms. The average Bonchev–Trinajstić information content (AvgIpc) is 2.33. The molecule has 0 spiro atoms. The van der Waals surface area contributed by atoms with E-state index in [0.717, 1.165) is 25.9 Å². The third kappa shape index (κ3) is 2.85.